The lowest BCUT2D eigenvalue weighted by Gasteiger charge is -2.26. The van der Waals surface area contributed by atoms with E-state index in [2.05, 4.69) is 20.6 Å². The van der Waals surface area contributed by atoms with Crippen LogP contribution in [-0.2, 0) is 13.0 Å². The number of amides is 3. The molecule has 2 aliphatic rings. The Morgan fingerprint density at radius 2 is 2.00 bits per heavy atom. The van der Waals surface area contributed by atoms with Crippen LogP contribution in [0.15, 0.2) is 42.6 Å². The van der Waals surface area contributed by atoms with E-state index in [1.165, 1.54) is 11.3 Å². The molecule has 9 nitrogen and oxygen atoms in total. The normalized spacial score (nSPS) is 14.2. The first-order valence-corrected chi connectivity index (χ1v) is 10.1. The lowest BCUT2D eigenvalue weighted by molar-refractivity contribution is 0.102. The van der Waals surface area contributed by atoms with Crippen LogP contribution in [0.4, 0.5) is 15.6 Å². The van der Waals surface area contributed by atoms with Crippen molar-refractivity contribution in [2.24, 2.45) is 0 Å². The molecule has 5 rings (SSSR count). The minimum atomic E-state index is -0.306. The van der Waals surface area contributed by atoms with Crippen LogP contribution in [0.5, 0.6) is 11.5 Å². The molecule has 3 amide bonds. The van der Waals surface area contributed by atoms with Crippen LogP contribution in [0.25, 0.3) is 0 Å². The molecule has 4 heterocycles. The molecule has 0 unspecified atom stereocenters. The summed E-state index contributed by atoms with van der Waals surface area (Å²) in [5, 5.41) is 6.18. The second-order valence-corrected chi connectivity index (χ2v) is 7.81. The molecular formula is C20H17N5O4S. The summed E-state index contributed by atoms with van der Waals surface area (Å²) < 4.78 is 10.6. The number of benzene rings is 1. The van der Waals surface area contributed by atoms with Gasteiger partial charge in [-0.05, 0) is 24.3 Å². The number of hydrogen-bond donors (Lipinski definition) is 2. The molecule has 0 aliphatic carbocycles. The zero-order valence-electron chi connectivity index (χ0n) is 15.8. The molecule has 0 saturated heterocycles. The van der Waals surface area contributed by atoms with Gasteiger partial charge in [0, 0.05) is 35.8 Å². The van der Waals surface area contributed by atoms with Gasteiger partial charge in [-0.3, -0.25) is 15.1 Å². The van der Waals surface area contributed by atoms with Crippen LogP contribution in [0.3, 0.4) is 0 Å². The van der Waals surface area contributed by atoms with Crippen molar-refractivity contribution in [1.82, 2.24) is 14.9 Å². The number of rotatable bonds is 3. The molecule has 1 aromatic carbocycles. The second-order valence-electron chi connectivity index (χ2n) is 6.73. The van der Waals surface area contributed by atoms with Crippen LogP contribution >= 0.6 is 11.3 Å². The number of anilines is 2. The summed E-state index contributed by atoms with van der Waals surface area (Å²) >= 11 is 1.37. The van der Waals surface area contributed by atoms with Crippen LogP contribution in [0.2, 0.25) is 0 Å². The van der Waals surface area contributed by atoms with Gasteiger partial charge < -0.3 is 19.7 Å². The Kier molecular flexibility index (Phi) is 4.68. The Hall–Kier alpha value is -3.66. The third kappa shape index (κ3) is 3.64. The number of pyridine rings is 1. The number of thiazole rings is 1. The van der Waals surface area contributed by atoms with Crippen molar-refractivity contribution < 1.29 is 19.1 Å². The van der Waals surface area contributed by atoms with E-state index >= 15 is 0 Å². The summed E-state index contributed by atoms with van der Waals surface area (Å²) in [7, 11) is 0. The number of hydrogen-bond acceptors (Lipinski definition) is 7. The average Bonchev–Trinajstić information content (AvgIpc) is 3.39. The molecular weight excluding hydrogens is 406 g/mol. The number of fused-ring (bicyclic) bond motifs is 2. The Labute approximate surface area is 175 Å². The number of aromatic nitrogens is 2. The van der Waals surface area contributed by atoms with E-state index in [9.17, 15) is 9.59 Å². The Balaban J connectivity index is 1.24. The van der Waals surface area contributed by atoms with Crippen molar-refractivity contribution in [3.05, 3.63) is 58.9 Å². The van der Waals surface area contributed by atoms with Gasteiger partial charge in [0.1, 0.15) is 5.69 Å². The zero-order valence-corrected chi connectivity index (χ0v) is 16.6. The Bertz CT molecular complexity index is 1120. The number of carbonyl (C=O) groups excluding carboxylic acids is 2. The third-order valence-electron chi connectivity index (χ3n) is 4.76. The summed E-state index contributed by atoms with van der Waals surface area (Å²) in [5.41, 5.74) is 1.88. The number of urea groups is 1. The standard InChI is InChI=1S/C20H17N5O4S/c26-18(14-3-1-2-7-21-14)24-19-23-13-6-8-25(10-17(13)30-19)20(27)22-12-4-5-15-16(9-12)29-11-28-15/h1-5,7,9H,6,8,10-11H2,(H,22,27)(H,23,24,26). The fourth-order valence-corrected chi connectivity index (χ4v) is 4.28. The third-order valence-corrected chi connectivity index (χ3v) is 5.76. The highest BCUT2D eigenvalue weighted by Crippen LogP contribution is 2.34. The molecule has 2 aliphatic heterocycles. The maximum absolute atomic E-state index is 12.7. The van der Waals surface area contributed by atoms with Crippen molar-refractivity contribution in [3.8, 4) is 11.5 Å². The Morgan fingerprint density at radius 3 is 2.87 bits per heavy atom. The van der Waals surface area contributed by atoms with Crippen molar-refractivity contribution >= 4 is 34.1 Å². The summed E-state index contributed by atoms with van der Waals surface area (Å²) in [6.07, 6.45) is 2.19. The van der Waals surface area contributed by atoms with Crippen molar-refractivity contribution in [3.63, 3.8) is 0 Å². The van der Waals surface area contributed by atoms with E-state index in [0.29, 0.717) is 47.5 Å². The van der Waals surface area contributed by atoms with Crippen molar-refractivity contribution in [2.45, 2.75) is 13.0 Å². The molecule has 0 radical (unpaired) electrons. The van der Waals surface area contributed by atoms with Crippen LogP contribution < -0.4 is 20.1 Å². The lowest BCUT2D eigenvalue weighted by atomic mass is 10.2. The zero-order chi connectivity index (χ0) is 20.5. The van der Waals surface area contributed by atoms with Crippen LogP contribution in [0, 0.1) is 0 Å². The SMILES string of the molecule is O=C(Nc1nc2c(s1)CN(C(=O)Nc1ccc3c(c1)OCO3)CC2)c1ccccn1. The number of nitrogens with one attached hydrogen (secondary N) is 2. The molecule has 0 spiro atoms. The lowest BCUT2D eigenvalue weighted by Crippen LogP contribution is -2.38. The molecule has 2 N–H and O–H groups in total. The van der Waals surface area contributed by atoms with E-state index in [1.807, 2.05) is 0 Å². The number of nitrogens with zero attached hydrogens (tertiary/aromatic N) is 3. The van der Waals surface area contributed by atoms with E-state index in [-0.39, 0.29) is 18.7 Å². The van der Waals surface area contributed by atoms with Crippen LogP contribution in [0.1, 0.15) is 21.1 Å². The van der Waals surface area contributed by atoms with Gasteiger partial charge in [-0.1, -0.05) is 17.4 Å². The number of carbonyl (C=O) groups is 2. The van der Waals surface area contributed by atoms with Gasteiger partial charge in [-0.15, -0.1) is 0 Å². The highest BCUT2D eigenvalue weighted by molar-refractivity contribution is 7.15. The predicted octanol–water partition coefficient (Wildman–Crippen LogP) is 3.11. The van der Waals surface area contributed by atoms with E-state index in [0.717, 1.165) is 10.6 Å². The molecule has 10 heteroatoms. The maximum atomic E-state index is 12.7. The van der Waals surface area contributed by atoms with Crippen molar-refractivity contribution in [1.29, 1.82) is 0 Å². The molecule has 3 aromatic rings. The van der Waals surface area contributed by atoms with Gasteiger partial charge in [-0.2, -0.15) is 0 Å². The molecule has 2 aromatic heterocycles. The molecule has 30 heavy (non-hydrogen) atoms. The van der Waals surface area contributed by atoms with E-state index < -0.39 is 0 Å². The molecule has 0 bridgehead atoms. The molecule has 0 saturated carbocycles. The quantitative estimate of drug-likeness (QED) is 0.671. The highest BCUT2D eigenvalue weighted by atomic mass is 32.1. The van der Waals surface area contributed by atoms with Crippen LogP contribution in [-0.4, -0.2) is 40.1 Å². The fraction of sp³-hybridized carbons (Fsp3) is 0.200. The topological polar surface area (TPSA) is 106 Å². The first-order valence-electron chi connectivity index (χ1n) is 9.32. The summed E-state index contributed by atoms with van der Waals surface area (Å²) in [6.45, 7) is 1.16. The van der Waals surface area contributed by atoms with Crippen molar-refractivity contribution in [2.75, 3.05) is 24.0 Å². The first kappa shape index (κ1) is 18.4. The fourth-order valence-electron chi connectivity index (χ4n) is 3.26. The van der Waals surface area contributed by atoms with Gasteiger partial charge in [0.15, 0.2) is 16.6 Å². The minimum absolute atomic E-state index is 0.187. The molecule has 0 atom stereocenters. The number of ether oxygens (including phenoxy) is 2. The van der Waals surface area contributed by atoms with Gasteiger partial charge in [0.2, 0.25) is 6.79 Å². The summed E-state index contributed by atoms with van der Waals surface area (Å²) in [5.74, 6) is 0.976. The van der Waals surface area contributed by atoms with Gasteiger partial charge in [0.25, 0.3) is 5.91 Å². The molecule has 0 fully saturated rings. The average molecular weight is 423 g/mol. The monoisotopic (exact) mass is 423 g/mol. The molecule has 152 valence electrons. The van der Waals surface area contributed by atoms with Gasteiger partial charge in [0.05, 0.1) is 12.2 Å². The first-order chi connectivity index (χ1) is 14.7. The summed E-state index contributed by atoms with van der Waals surface area (Å²) in [6, 6.07) is 10.2. The second kappa shape index (κ2) is 7.64. The summed E-state index contributed by atoms with van der Waals surface area (Å²) in [4.78, 5) is 36.2. The Morgan fingerprint density at radius 1 is 1.10 bits per heavy atom. The largest absolute Gasteiger partial charge is 0.454 e. The van der Waals surface area contributed by atoms with E-state index in [1.54, 1.807) is 47.5 Å². The maximum Gasteiger partial charge on any atom is 0.322 e. The highest BCUT2D eigenvalue weighted by Gasteiger charge is 2.25. The minimum Gasteiger partial charge on any atom is -0.454 e. The predicted molar refractivity (Wildman–Crippen MR) is 110 cm³/mol. The van der Waals surface area contributed by atoms with E-state index in [4.69, 9.17) is 9.47 Å². The van der Waals surface area contributed by atoms with Gasteiger partial charge >= 0.3 is 6.03 Å². The van der Waals surface area contributed by atoms with Gasteiger partial charge in [-0.25, -0.2) is 9.78 Å². The smallest absolute Gasteiger partial charge is 0.322 e.